The summed E-state index contributed by atoms with van der Waals surface area (Å²) in [5.74, 6) is 5.41. The molecule has 0 amide bonds. The SMILES string of the molecule is CCOC(=O)CC#Cc1cccc(N2CCCS2(=O)=O)c1. The number of esters is 1. The van der Waals surface area contributed by atoms with Gasteiger partial charge in [-0.15, -0.1) is 0 Å². The molecular formula is C15H17NO4S. The molecule has 1 saturated heterocycles. The third kappa shape index (κ3) is 3.99. The van der Waals surface area contributed by atoms with Gasteiger partial charge in [0.1, 0.15) is 6.42 Å². The van der Waals surface area contributed by atoms with Crippen LogP contribution in [0.15, 0.2) is 24.3 Å². The standard InChI is InChI=1S/C15H17NO4S/c1-2-20-15(17)9-4-7-13-6-3-8-14(12-13)16-10-5-11-21(16,18)19/h3,6,8,12H,2,5,9-11H2,1H3. The van der Waals surface area contributed by atoms with Gasteiger partial charge in [-0.1, -0.05) is 17.9 Å². The van der Waals surface area contributed by atoms with E-state index in [2.05, 4.69) is 11.8 Å². The van der Waals surface area contributed by atoms with Crippen molar-refractivity contribution in [3.63, 3.8) is 0 Å². The second kappa shape index (κ2) is 6.64. The monoisotopic (exact) mass is 307 g/mol. The minimum absolute atomic E-state index is 0.0279. The number of ether oxygens (including phenoxy) is 1. The summed E-state index contributed by atoms with van der Waals surface area (Å²) in [6.45, 7) is 2.58. The van der Waals surface area contributed by atoms with E-state index in [0.717, 1.165) is 0 Å². The van der Waals surface area contributed by atoms with Gasteiger partial charge >= 0.3 is 5.97 Å². The Labute approximate surface area is 125 Å². The number of carbonyl (C=O) groups is 1. The van der Waals surface area contributed by atoms with Gasteiger partial charge in [-0.25, -0.2) is 8.42 Å². The predicted octanol–water partition coefficient (Wildman–Crippen LogP) is 1.53. The van der Waals surface area contributed by atoms with Crippen molar-refractivity contribution in [3.8, 4) is 11.8 Å². The summed E-state index contributed by atoms with van der Waals surface area (Å²) in [6, 6.07) is 7.02. The van der Waals surface area contributed by atoms with E-state index in [1.54, 1.807) is 31.2 Å². The first-order valence-electron chi connectivity index (χ1n) is 6.78. The fourth-order valence-electron chi connectivity index (χ4n) is 2.10. The summed E-state index contributed by atoms with van der Waals surface area (Å²) in [5.41, 5.74) is 1.30. The lowest BCUT2D eigenvalue weighted by Gasteiger charge is -2.16. The van der Waals surface area contributed by atoms with Crippen LogP contribution in [0.3, 0.4) is 0 Å². The van der Waals surface area contributed by atoms with Crippen molar-refractivity contribution >= 4 is 21.7 Å². The molecule has 1 heterocycles. The first-order chi connectivity index (χ1) is 10.0. The number of nitrogens with zero attached hydrogens (tertiary/aromatic N) is 1. The van der Waals surface area contributed by atoms with Crippen LogP contribution in [-0.2, 0) is 19.6 Å². The van der Waals surface area contributed by atoms with Crippen molar-refractivity contribution in [2.45, 2.75) is 19.8 Å². The molecule has 1 aromatic rings. The Morgan fingerprint density at radius 1 is 1.43 bits per heavy atom. The van der Waals surface area contributed by atoms with Gasteiger partial charge in [0.05, 0.1) is 18.0 Å². The molecule has 21 heavy (non-hydrogen) atoms. The first kappa shape index (κ1) is 15.4. The van der Waals surface area contributed by atoms with E-state index in [1.807, 2.05) is 0 Å². The number of rotatable bonds is 3. The maximum Gasteiger partial charge on any atom is 0.317 e. The Kier molecular flexibility index (Phi) is 4.86. The van der Waals surface area contributed by atoms with Crippen LogP contribution in [0.2, 0.25) is 0 Å². The molecular weight excluding hydrogens is 290 g/mol. The molecule has 1 fully saturated rings. The van der Waals surface area contributed by atoms with Crippen LogP contribution in [0.4, 0.5) is 5.69 Å². The number of hydrogen-bond acceptors (Lipinski definition) is 4. The molecule has 2 rings (SSSR count). The number of benzene rings is 1. The number of anilines is 1. The van der Waals surface area contributed by atoms with Gasteiger partial charge in [0.2, 0.25) is 10.0 Å². The van der Waals surface area contributed by atoms with E-state index in [1.165, 1.54) is 4.31 Å². The van der Waals surface area contributed by atoms with E-state index in [4.69, 9.17) is 4.74 Å². The molecule has 0 unspecified atom stereocenters. The van der Waals surface area contributed by atoms with Crippen LogP contribution in [0, 0.1) is 11.8 Å². The van der Waals surface area contributed by atoms with Gasteiger partial charge in [-0.05, 0) is 31.5 Å². The average molecular weight is 307 g/mol. The van der Waals surface area contributed by atoms with E-state index >= 15 is 0 Å². The maximum atomic E-state index is 11.9. The smallest absolute Gasteiger partial charge is 0.317 e. The van der Waals surface area contributed by atoms with Crippen molar-refractivity contribution in [1.29, 1.82) is 0 Å². The molecule has 0 N–H and O–H groups in total. The highest BCUT2D eigenvalue weighted by atomic mass is 32.2. The zero-order valence-electron chi connectivity index (χ0n) is 11.8. The normalized spacial score (nSPS) is 16.1. The summed E-state index contributed by atoms with van der Waals surface area (Å²) >= 11 is 0. The van der Waals surface area contributed by atoms with Crippen LogP contribution in [0.5, 0.6) is 0 Å². The Morgan fingerprint density at radius 2 is 2.24 bits per heavy atom. The Bertz CT molecular complexity index is 685. The quantitative estimate of drug-likeness (QED) is 0.627. The van der Waals surface area contributed by atoms with Crippen molar-refractivity contribution in [2.75, 3.05) is 23.2 Å². The lowest BCUT2D eigenvalue weighted by molar-refractivity contribution is -0.141. The van der Waals surface area contributed by atoms with E-state index in [9.17, 15) is 13.2 Å². The van der Waals surface area contributed by atoms with E-state index < -0.39 is 10.0 Å². The van der Waals surface area contributed by atoms with E-state index in [-0.39, 0.29) is 18.1 Å². The molecule has 1 aliphatic rings. The zero-order chi connectivity index (χ0) is 15.3. The zero-order valence-corrected chi connectivity index (χ0v) is 12.6. The number of hydrogen-bond donors (Lipinski definition) is 0. The van der Waals surface area contributed by atoms with Crippen molar-refractivity contribution < 1.29 is 17.9 Å². The van der Waals surface area contributed by atoms with Gasteiger partial charge in [-0.2, -0.15) is 0 Å². The minimum Gasteiger partial charge on any atom is -0.465 e. The Balaban J connectivity index is 2.12. The van der Waals surface area contributed by atoms with Crippen molar-refractivity contribution in [2.24, 2.45) is 0 Å². The fourth-order valence-corrected chi connectivity index (χ4v) is 3.66. The predicted molar refractivity (Wildman–Crippen MR) is 80.3 cm³/mol. The minimum atomic E-state index is -3.19. The van der Waals surface area contributed by atoms with Crippen LogP contribution in [-0.4, -0.2) is 33.3 Å². The number of carbonyl (C=O) groups excluding carboxylic acids is 1. The summed E-state index contributed by atoms with van der Waals surface area (Å²) in [6.07, 6.45) is 0.668. The largest absolute Gasteiger partial charge is 0.465 e. The molecule has 0 aliphatic carbocycles. The van der Waals surface area contributed by atoms with Crippen molar-refractivity contribution in [3.05, 3.63) is 29.8 Å². The third-order valence-corrected chi connectivity index (χ3v) is 4.87. The van der Waals surface area contributed by atoms with Crippen LogP contribution >= 0.6 is 0 Å². The van der Waals surface area contributed by atoms with Gasteiger partial charge in [-0.3, -0.25) is 9.10 Å². The molecule has 5 nitrogen and oxygen atoms in total. The second-order valence-corrected chi connectivity index (χ2v) is 6.59. The topological polar surface area (TPSA) is 63.7 Å². The molecule has 1 aromatic carbocycles. The summed E-state index contributed by atoms with van der Waals surface area (Å²) < 4.78 is 29.9. The molecule has 0 bridgehead atoms. The summed E-state index contributed by atoms with van der Waals surface area (Å²) in [5, 5.41) is 0. The summed E-state index contributed by atoms with van der Waals surface area (Å²) in [4.78, 5) is 11.2. The third-order valence-electron chi connectivity index (χ3n) is 3.00. The second-order valence-electron chi connectivity index (χ2n) is 4.58. The molecule has 6 heteroatoms. The average Bonchev–Trinajstić information content (AvgIpc) is 2.79. The first-order valence-corrected chi connectivity index (χ1v) is 8.39. The number of sulfonamides is 1. The molecule has 0 saturated carbocycles. The molecule has 0 atom stereocenters. The molecule has 112 valence electrons. The van der Waals surface area contributed by atoms with Gasteiger partial charge < -0.3 is 4.74 Å². The lowest BCUT2D eigenvalue weighted by atomic mass is 10.2. The highest BCUT2D eigenvalue weighted by Crippen LogP contribution is 2.24. The van der Waals surface area contributed by atoms with E-state index in [0.29, 0.717) is 30.8 Å². The Hall–Kier alpha value is -2.00. The van der Waals surface area contributed by atoms with Crippen LogP contribution < -0.4 is 4.31 Å². The fraction of sp³-hybridized carbons (Fsp3) is 0.400. The van der Waals surface area contributed by atoms with Crippen molar-refractivity contribution in [1.82, 2.24) is 0 Å². The highest BCUT2D eigenvalue weighted by molar-refractivity contribution is 7.93. The summed E-state index contributed by atoms with van der Waals surface area (Å²) in [7, 11) is -3.19. The molecule has 0 aromatic heterocycles. The highest BCUT2D eigenvalue weighted by Gasteiger charge is 2.28. The van der Waals surface area contributed by atoms with Crippen LogP contribution in [0.1, 0.15) is 25.3 Å². The molecule has 0 spiro atoms. The van der Waals surface area contributed by atoms with Gasteiger partial charge in [0.15, 0.2) is 0 Å². The molecule has 1 aliphatic heterocycles. The Morgan fingerprint density at radius 3 is 2.90 bits per heavy atom. The lowest BCUT2D eigenvalue weighted by Crippen LogP contribution is -2.24. The van der Waals surface area contributed by atoms with Gasteiger partial charge in [0, 0.05) is 12.1 Å². The maximum absolute atomic E-state index is 11.9. The van der Waals surface area contributed by atoms with Gasteiger partial charge in [0.25, 0.3) is 0 Å². The van der Waals surface area contributed by atoms with Crippen LogP contribution in [0.25, 0.3) is 0 Å². The molecule has 0 radical (unpaired) electrons.